The van der Waals surface area contributed by atoms with Gasteiger partial charge in [0, 0.05) is 16.3 Å². The summed E-state index contributed by atoms with van der Waals surface area (Å²) in [5, 5.41) is 2.28. The standard InChI is InChI=1S/C67H42O/c1-5-17-43(18-6-1)49-35-50(44-19-7-2-8-20-44)38-53(37-49)47-29-31-55-56-32-30-48(54-39-51(45-21-9-3-10-22-45)36-52(40-54)46-23-11-4-12-24-46)42-63(56)67(62(55)41-47)60-27-15-13-26-59(60)65-61(67)34-33-58-57-25-14-16-28-64(57)68-66(58)65/h1-42H. The van der Waals surface area contributed by atoms with E-state index in [2.05, 4.69) is 255 Å². The second kappa shape index (κ2) is 15.1. The molecule has 316 valence electrons. The maximum atomic E-state index is 6.94. The van der Waals surface area contributed by atoms with E-state index in [0.29, 0.717) is 0 Å². The Balaban J connectivity index is 1.04. The van der Waals surface area contributed by atoms with Crippen LogP contribution in [0.3, 0.4) is 0 Å². The largest absolute Gasteiger partial charge is 0.455 e. The van der Waals surface area contributed by atoms with Crippen molar-refractivity contribution < 1.29 is 4.42 Å². The lowest BCUT2D eigenvalue weighted by molar-refractivity contribution is 0.669. The van der Waals surface area contributed by atoms with Crippen molar-refractivity contribution in [1.29, 1.82) is 0 Å². The number of fused-ring (bicyclic) bond motifs is 14. The molecule has 0 saturated heterocycles. The van der Waals surface area contributed by atoms with E-state index in [-0.39, 0.29) is 0 Å². The van der Waals surface area contributed by atoms with Crippen LogP contribution in [0.1, 0.15) is 22.3 Å². The van der Waals surface area contributed by atoms with Gasteiger partial charge in [0.15, 0.2) is 0 Å². The molecule has 0 radical (unpaired) electrons. The number of rotatable bonds is 6. The number of furan rings is 1. The summed E-state index contributed by atoms with van der Waals surface area (Å²) < 4.78 is 6.94. The zero-order chi connectivity index (χ0) is 44.8. The average Bonchev–Trinajstić information content (AvgIpc) is 4.05. The van der Waals surface area contributed by atoms with Crippen molar-refractivity contribution in [3.05, 3.63) is 277 Å². The van der Waals surface area contributed by atoms with Gasteiger partial charge in [-0.05, 0) is 160 Å². The Morgan fingerprint density at radius 1 is 0.235 bits per heavy atom. The lowest BCUT2D eigenvalue weighted by Gasteiger charge is -2.31. The molecule has 1 heteroatoms. The lowest BCUT2D eigenvalue weighted by atomic mass is 9.69. The fourth-order valence-corrected chi connectivity index (χ4v) is 11.6. The molecule has 0 N–H and O–H groups in total. The molecule has 0 unspecified atom stereocenters. The van der Waals surface area contributed by atoms with Gasteiger partial charge < -0.3 is 4.42 Å². The van der Waals surface area contributed by atoms with Gasteiger partial charge in [-0.3, -0.25) is 0 Å². The third-order valence-electron chi connectivity index (χ3n) is 14.6. The fourth-order valence-electron chi connectivity index (χ4n) is 11.6. The van der Waals surface area contributed by atoms with E-state index >= 15 is 0 Å². The molecule has 0 amide bonds. The molecular formula is C67H42O. The molecule has 14 rings (SSSR count). The normalized spacial score (nSPS) is 12.8. The summed E-state index contributed by atoms with van der Waals surface area (Å²) in [6.07, 6.45) is 0. The molecule has 0 saturated carbocycles. The van der Waals surface area contributed by atoms with Crippen LogP contribution >= 0.6 is 0 Å². The number of para-hydroxylation sites is 1. The highest BCUT2D eigenvalue weighted by molar-refractivity contribution is 6.13. The van der Waals surface area contributed by atoms with Crippen LogP contribution in [0.25, 0.3) is 111 Å². The fraction of sp³-hybridized carbons (Fsp3) is 0.0149. The van der Waals surface area contributed by atoms with Crippen LogP contribution in [0.4, 0.5) is 0 Å². The molecular weight excluding hydrogens is 821 g/mol. The Morgan fingerprint density at radius 2 is 0.647 bits per heavy atom. The minimum Gasteiger partial charge on any atom is -0.455 e. The van der Waals surface area contributed by atoms with Gasteiger partial charge in [-0.2, -0.15) is 0 Å². The van der Waals surface area contributed by atoms with Gasteiger partial charge in [0.05, 0.1) is 5.41 Å². The van der Waals surface area contributed by atoms with E-state index in [1.165, 1.54) is 111 Å². The predicted molar refractivity (Wildman–Crippen MR) is 283 cm³/mol. The van der Waals surface area contributed by atoms with Crippen LogP contribution < -0.4 is 0 Å². The molecule has 68 heavy (non-hydrogen) atoms. The topological polar surface area (TPSA) is 13.1 Å². The molecule has 0 aliphatic heterocycles. The second-order valence-corrected chi connectivity index (χ2v) is 18.3. The summed E-state index contributed by atoms with van der Waals surface area (Å²) in [4.78, 5) is 0. The van der Waals surface area contributed by atoms with Gasteiger partial charge in [-0.1, -0.05) is 200 Å². The molecule has 1 nitrogen and oxygen atoms in total. The highest BCUT2D eigenvalue weighted by atomic mass is 16.3. The maximum Gasteiger partial charge on any atom is 0.143 e. The summed E-state index contributed by atoms with van der Waals surface area (Å²) in [5.41, 5.74) is 25.6. The summed E-state index contributed by atoms with van der Waals surface area (Å²) in [7, 11) is 0. The van der Waals surface area contributed by atoms with Crippen molar-refractivity contribution in [1.82, 2.24) is 0 Å². The summed E-state index contributed by atoms with van der Waals surface area (Å²) >= 11 is 0. The summed E-state index contributed by atoms with van der Waals surface area (Å²) in [6.45, 7) is 0. The predicted octanol–water partition coefficient (Wildman–Crippen LogP) is 17.9. The molecule has 11 aromatic carbocycles. The Hall–Kier alpha value is -8.78. The lowest BCUT2D eigenvalue weighted by Crippen LogP contribution is -2.26. The number of hydrogen-bond donors (Lipinski definition) is 0. The van der Waals surface area contributed by atoms with E-state index in [0.717, 1.165) is 21.9 Å². The van der Waals surface area contributed by atoms with E-state index in [1.54, 1.807) is 0 Å². The molecule has 1 spiro atoms. The first kappa shape index (κ1) is 38.5. The van der Waals surface area contributed by atoms with Crippen molar-refractivity contribution in [3.8, 4) is 89.0 Å². The average molecular weight is 863 g/mol. The summed E-state index contributed by atoms with van der Waals surface area (Å²) in [5.74, 6) is 0. The van der Waals surface area contributed by atoms with Crippen molar-refractivity contribution in [2.75, 3.05) is 0 Å². The highest BCUT2D eigenvalue weighted by Gasteiger charge is 2.53. The van der Waals surface area contributed by atoms with Crippen molar-refractivity contribution in [2.24, 2.45) is 0 Å². The van der Waals surface area contributed by atoms with Gasteiger partial charge in [-0.15, -0.1) is 0 Å². The van der Waals surface area contributed by atoms with E-state index in [9.17, 15) is 0 Å². The van der Waals surface area contributed by atoms with Crippen LogP contribution in [-0.2, 0) is 5.41 Å². The van der Waals surface area contributed by atoms with Gasteiger partial charge in [-0.25, -0.2) is 0 Å². The first-order valence-corrected chi connectivity index (χ1v) is 23.6. The number of hydrogen-bond acceptors (Lipinski definition) is 1. The van der Waals surface area contributed by atoms with Gasteiger partial charge >= 0.3 is 0 Å². The molecule has 0 atom stereocenters. The Labute approximate surface area is 395 Å². The number of benzene rings is 11. The quantitative estimate of drug-likeness (QED) is 0.162. The Bertz CT molecular complexity index is 3640. The molecule has 0 fully saturated rings. The Kier molecular flexibility index (Phi) is 8.57. The van der Waals surface area contributed by atoms with Gasteiger partial charge in [0.25, 0.3) is 0 Å². The minimum absolute atomic E-state index is 0.631. The first-order chi connectivity index (χ1) is 33.7. The van der Waals surface area contributed by atoms with E-state index in [1.807, 2.05) is 0 Å². The van der Waals surface area contributed by atoms with Crippen LogP contribution in [0.5, 0.6) is 0 Å². The third kappa shape index (κ3) is 5.82. The van der Waals surface area contributed by atoms with Crippen LogP contribution in [0.2, 0.25) is 0 Å². The molecule has 1 heterocycles. The van der Waals surface area contributed by atoms with Crippen molar-refractivity contribution in [3.63, 3.8) is 0 Å². The molecule has 12 aromatic rings. The van der Waals surface area contributed by atoms with Crippen molar-refractivity contribution in [2.45, 2.75) is 5.41 Å². The van der Waals surface area contributed by atoms with Gasteiger partial charge in [0.1, 0.15) is 11.2 Å². The van der Waals surface area contributed by atoms with E-state index in [4.69, 9.17) is 4.42 Å². The zero-order valence-electron chi connectivity index (χ0n) is 37.2. The molecule has 1 aromatic heterocycles. The molecule has 2 aliphatic rings. The highest BCUT2D eigenvalue weighted by Crippen LogP contribution is 2.65. The van der Waals surface area contributed by atoms with Crippen LogP contribution in [0, 0.1) is 0 Å². The zero-order valence-corrected chi connectivity index (χ0v) is 37.2. The van der Waals surface area contributed by atoms with Crippen LogP contribution in [-0.4, -0.2) is 0 Å². The SMILES string of the molecule is c1ccc(-c2cc(-c3ccccc3)cc(-c3ccc4c(c3)C3(c5cc(-c6cc(-c7ccccc7)cc(-c7ccccc7)c6)ccc5-4)c4ccccc4-c4c3ccc3c4oc4ccccc43)c2)cc1. The van der Waals surface area contributed by atoms with E-state index < -0.39 is 5.41 Å². The smallest absolute Gasteiger partial charge is 0.143 e. The minimum atomic E-state index is -0.631. The maximum absolute atomic E-state index is 6.94. The van der Waals surface area contributed by atoms with Crippen LogP contribution in [0.15, 0.2) is 259 Å². The first-order valence-electron chi connectivity index (χ1n) is 23.6. The second-order valence-electron chi connectivity index (χ2n) is 18.3. The van der Waals surface area contributed by atoms with Gasteiger partial charge in [0.2, 0.25) is 0 Å². The third-order valence-corrected chi connectivity index (χ3v) is 14.6. The molecule has 2 aliphatic carbocycles. The molecule has 0 bridgehead atoms. The Morgan fingerprint density at radius 3 is 1.13 bits per heavy atom. The van der Waals surface area contributed by atoms with Crippen molar-refractivity contribution >= 4 is 21.9 Å². The summed E-state index contributed by atoms with van der Waals surface area (Å²) in [6, 6.07) is 94.0. The monoisotopic (exact) mass is 862 g/mol.